The maximum absolute atomic E-state index is 14.2. The van der Waals surface area contributed by atoms with Crippen LogP contribution < -0.4 is 21.4 Å². The molecule has 0 fully saturated rings. The lowest BCUT2D eigenvalue weighted by atomic mass is 10.1. The van der Waals surface area contributed by atoms with Crippen LogP contribution in [0.1, 0.15) is 35.4 Å². The molecule has 0 radical (unpaired) electrons. The molecule has 1 aliphatic rings. The molecular formula is C16H20F2N6O4. The number of amides is 1. The number of carbonyl (C=O) groups is 1. The lowest BCUT2D eigenvalue weighted by Gasteiger charge is -2.21. The van der Waals surface area contributed by atoms with Crippen molar-refractivity contribution in [3.63, 3.8) is 0 Å². The summed E-state index contributed by atoms with van der Waals surface area (Å²) in [6.45, 7) is -0.259. The molecule has 28 heavy (non-hydrogen) atoms. The van der Waals surface area contributed by atoms with E-state index in [-0.39, 0.29) is 36.8 Å². The van der Waals surface area contributed by atoms with Crippen LogP contribution in [0.25, 0.3) is 0 Å². The Morgan fingerprint density at radius 1 is 1.36 bits per heavy atom. The summed E-state index contributed by atoms with van der Waals surface area (Å²) >= 11 is 0. The Hall–Kier alpha value is -2.67. The van der Waals surface area contributed by atoms with Crippen LogP contribution in [0.2, 0.25) is 0 Å². The van der Waals surface area contributed by atoms with Crippen LogP contribution >= 0.6 is 0 Å². The largest absolute Gasteiger partial charge is 0.395 e. The van der Waals surface area contributed by atoms with Crippen molar-refractivity contribution < 1.29 is 28.5 Å². The summed E-state index contributed by atoms with van der Waals surface area (Å²) in [6, 6.07) is 2.05. The van der Waals surface area contributed by atoms with Gasteiger partial charge in [0.05, 0.1) is 13.2 Å². The van der Waals surface area contributed by atoms with Crippen molar-refractivity contribution in [2.45, 2.75) is 25.0 Å². The number of rotatable bonds is 9. The third-order valence-corrected chi connectivity index (χ3v) is 4.41. The molecule has 1 amide bonds. The van der Waals surface area contributed by atoms with Crippen molar-refractivity contribution in [3.05, 3.63) is 40.6 Å². The molecule has 1 aromatic heterocycles. The maximum Gasteiger partial charge on any atom is 0.239 e. The number of hydrogen-bond donors (Lipinski definition) is 6. The number of carbonyl (C=O) groups excluding carboxylic acids is 1. The molecule has 2 atom stereocenters. The molecule has 3 rings (SSSR count). The van der Waals surface area contributed by atoms with E-state index in [1.165, 1.54) is 6.07 Å². The van der Waals surface area contributed by atoms with Crippen molar-refractivity contribution in [1.29, 1.82) is 0 Å². The Labute approximate surface area is 158 Å². The van der Waals surface area contributed by atoms with Crippen LogP contribution in [0.3, 0.4) is 0 Å². The fraction of sp³-hybridized carbons (Fsp3) is 0.438. The highest BCUT2D eigenvalue weighted by atomic mass is 19.2. The predicted octanol–water partition coefficient (Wildman–Crippen LogP) is 0.123. The standard InChI is InChI=1S/C16H20F2N6O4/c17-9-3-1-8-2-4-10(12(8)13(9)18)21-16(22-27)14-15(24-28-23-14)20-7-11(26)19-5-6-25/h1,3,10,16,21-22,25,27H,2,4-7H2,(H,19,26)(H,20,24). The lowest BCUT2D eigenvalue weighted by Crippen LogP contribution is -2.36. The highest BCUT2D eigenvalue weighted by Gasteiger charge is 2.31. The number of aliphatic hydroxyl groups excluding tert-OH is 1. The van der Waals surface area contributed by atoms with Crippen molar-refractivity contribution >= 4 is 11.7 Å². The van der Waals surface area contributed by atoms with Crippen molar-refractivity contribution in [2.24, 2.45) is 0 Å². The Balaban J connectivity index is 1.70. The van der Waals surface area contributed by atoms with Crippen LogP contribution in [-0.4, -0.2) is 46.2 Å². The number of anilines is 1. The van der Waals surface area contributed by atoms with Crippen molar-refractivity contribution in [1.82, 2.24) is 26.4 Å². The summed E-state index contributed by atoms with van der Waals surface area (Å²) in [5.41, 5.74) is 2.98. The zero-order valence-electron chi connectivity index (χ0n) is 14.7. The topological polar surface area (TPSA) is 145 Å². The fourth-order valence-electron chi connectivity index (χ4n) is 3.12. The van der Waals surface area contributed by atoms with E-state index in [2.05, 4.69) is 30.9 Å². The number of nitrogens with one attached hydrogen (secondary N) is 4. The molecule has 12 heteroatoms. The van der Waals surface area contributed by atoms with Gasteiger partial charge in [0, 0.05) is 18.2 Å². The van der Waals surface area contributed by atoms with E-state index in [9.17, 15) is 18.8 Å². The first kappa shape index (κ1) is 20.1. The van der Waals surface area contributed by atoms with E-state index in [1.54, 1.807) is 0 Å². The van der Waals surface area contributed by atoms with E-state index >= 15 is 0 Å². The molecule has 6 N–H and O–H groups in total. The van der Waals surface area contributed by atoms with Gasteiger partial charge in [-0.25, -0.2) is 13.4 Å². The predicted molar refractivity (Wildman–Crippen MR) is 91.1 cm³/mol. The first-order valence-corrected chi connectivity index (χ1v) is 8.61. The quantitative estimate of drug-likeness (QED) is 0.256. The third-order valence-electron chi connectivity index (χ3n) is 4.41. The molecule has 0 spiro atoms. The molecular weight excluding hydrogens is 378 g/mol. The molecule has 10 nitrogen and oxygen atoms in total. The van der Waals surface area contributed by atoms with Crippen LogP contribution in [0, 0.1) is 11.6 Å². The van der Waals surface area contributed by atoms with Crippen molar-refractivity contribution in [2.75, 3.05) is 25.0 Å². The summed E-state index contributed by atoms with van der Waals surface area (Å²) in [6.07, 6.45) is 0.0222. The summed E-state index contributed by atoms with van der Waals surface area (Å²) < 4.78 is 32.5. The minimum Gasteiger partial charge on any atom is -0.395 e. The van der Waals surface area contributed by atoms with Crippen LogP contribution in [0.5, 0.6) is 0 Å². The van der Waals surface area contributed by atoms with E-state index in [0.717, 1.165) is 6.07 Å². The number of halogens is 2. The first-order valence-electron chi connectivity index (χ1n) is 8.61. The van der Waals surface area contributed by atoms with Crippen LogP contribution in [-0.2, 0) is 11.2 Å². The minimum atomic E-state index is -1.02. The number of fused-ring (bicyclic) bond motifs is 1. The van der Waals surface area contributed by atoms with Gasteiger partial charge in [0.25, 0.3) is 0 Å². The fourth-order valence-corrected chi connectivity index (χ4v) is 3.12. The number of aryl methyl sites for hydroxylation is 1. The Morgan fingerprint density at radius 3 is 2.93 bits per heavy atom. The first-order chi connectivity index (χ1) is 13.5. The van der Waals surface area contributed by atoms with Gasteiger partial charge in [0.1, 0.15) is 6.17 Å². The second kappa shape index (κ2) is 9.01. The zero-order valence-corrected chi connectivity index (χ0v) is 14.7. The summed E-state index contributed by atoms with van der Waals surface area (Å²) in [7, 11) is 0. The molecule has 1 aromatic carbocycles. The maximum atomic E-state index is 14.2. The van der Waals surface area contributed by atoms with Crippen LogP contribution in [0.15, 0.2) is 16.8 Å². The van der Waals surface area contributed by atoms with Gasteiger partial charge < -0.3 is 20.9 Å². The van der Waals surface area contributed by atoms with E-state index in [4.69, 9.17) is 5.11 Å². The number of hydroxylamine groups is 1. The number of hydrogen-bond acceptors (Lipinski definition) is 9. The monoisotopic (exact) mass is 398 g/mol. The second-order valence-corrected chi connectivity index (χ2v) is 6.18. The van der Waals surface area contributed by atoms with Gasteiger partial charge in [-0.2, -0.15) is 5.48 Å². The zero-order chi connectivity index (χ0) is 20.1. The molecule has 1 aliphatic carbocycles. The van der Waals surface area contributed by atoms with Gasteiger partial charge >= 0.3 is 0 Å². The summed E-state index contributed by atoms with van der Waals surface area (Å²) in [4.78, 5) is 11.6. The number of aliphatic hydroxyl groups is 1. The number of nitrogens with zero attached hydrogens (tertiary/aromatic N) is 2. The molecule has 0 aliphatic heterocycles. The normalized spacial score (nSPS) is 16.6. The highest BCUT2D eigenvalue weighted by molar-refractivity contribution is 5.80. The summed E-state index contributed by atoms with van der Waals surface area (Å²) in [5, 5.41) is 33.6. The average Bonchev–Trinajstić information content (AvgIpc) is 3.32. The average molecular weight is 398 g/mol. The summed E-state index contributed by atoms with van der Waals surface area (Å²) in [5.74, 6) is -2.19. The van der Waals surface area contributed by atoms with Gasteiger partial charge in [-0.15, -0.1) is 0 Å². The minimum absolute atomic E-state index is 0.0798. The highest BCUT2D eigenvalue weighted by Crippen LogP contribution is 2.35. The smallest absolute Gasteiger partial charge is 0.239 e. The second-order valence-electron chi connectivity index (χ2n) is 6.18. The molecule has 152 valence electrons. The third kappa shape index (κ3) is 4.25. The molecule has 0 saturated carbocycles. The Morgan fingerprint density at radius 2 is 2.18 bits per heavy atom. The lowest BCUT2D eigenvalue weighted by molar-refractivity contribution is -0.119. The van der Waals surface area contributed by atoms with E-state index in [1.807, 2.05) is 5.48 Å². The van der Waals surface area contributed by atoms with E-state index < -0.39 is 29.7 Å². The Kier molecular flexibility index (Phi) is 6.46. The molecule has 0 bridgehead atoms. The van der Waals surface area contributed by atoms with E-state index in [0.29, 0.717) is 18.4 Å². The van der Waals surface area contributed by atoms with Crippen LogP contribution in [0.4, 0.5) is 14.6 Å². The molecule has 2 unspecified atom stereocenters. The number of benzene rings is 1. The van der Waals surface area contributed by atoms with Gasteiger partial charge in [0.15, 0.2) is 23.1 Å². The Bertz CT molecular complexity index is 833. The van der Waals surface area contributed by atoms with Gasteiger partial charge in [0.2, 0.25) is 5.91 Å². The molecule has 0 saturated heterocycles. The van der Waals surface area contributed by atoms with Gasteiger partial charge in [-0.1, -0.05) is 6.07 Å². The van der Waals surface area contributed by atoms with Gasteiger partial charge in [-0.05, 0) is 34.8 Å². The van der Waals surface area contributed by atoms with Crippen molar-refractivity contribution in [3.8, 4) is 0 Å². The molecule has 1 heterocycles. The molecule has 2 aromatic rings. The van der Waals surface area contributed by atoms with Gasteiger partial charge in [-0.3, -0.25) is 10.1 Å². The SMILES string of the molecule is O=C(CNc1nonc1C(NO)NC1CCc2ccc(F)c(F)c21)NCCO. The number of aromatic nitrogens is 2.